The Morgan fingerprint density at radius 1 is 1.25 bits per heavy atom. The third kappa shape index (κ3) is 3.45. The van der Waals surface area contributed by atoms with Crippen molar-refractivity contribution in [3.63, 3.8) is 0 Å². The Hall–Kier alpha value is -0.0900. The SMILES string of the molecule is CCCNC1CCC(C)CC1S(=O)(=O)CC. The van der Waals surface area contributed by atoms with Crippen LogP contribution in [-0.2, 0) is 9.84 Å². The van der Waals surface area contributed by atoms with Gasteiger partial charge in [-0.1, -0.05) is 20.8 Å². The zero-order valence-corrected chi connectivity index (χ0v) is 11.5. The summed E-state index contributed by atoms with van der Waals surface area (Å²) < 4.78 is 24.1. The van der Waals surface area contributed by atoms with E-state index in [-0.39, 0.29) is 17.0 Å². The quantitative estimate of drug-likeness (QED) is 0.808. The summed E-state index contributed by atoms with van der Waals surface area (Å²) in [6.07, 6.45) is 4.05. The van der Waals surface area contributed by atoms with Crippen molar-refractivity contribution in [2.75, 3.05) is 12.3 Å². The zero-order valence-electron chi connectivity index (χ0n) is 10.7. The van der Waals surface area contributed by atoms with Crippen LogP contribution >= 0.6 is 0 Å². The van der Waals surface area contributed by atoms with Gasteiger partial charge in [0.2, 0.25) is 0 Å². The van der Waals surface area contributed by atoms with Crippen LogP contribution in [0.3, 0.4) is 0 Å². The van der Waals surface area contributed by atoms with Crippen molar-refractivity contribution in [3.05, 3.63) is 0 Å². The molecule has 0 heterocycles. The summed E-state index contributed by atoms with van der Waals surface area (Å²) in [5.74, 6) is 0.820. The summed E-state index contributed by atoms with van der Waals surface area (Å²) in [6, 6.07) is 0.182. The second-order valence-electron chi connectivity index (χ2n) is 4.97. The van der Waals surface area contributed by atoms with Gasteiger partial charge in [0.1, 0.15) is 0 Å². The highest BCUT2D eigenvalue weighted by Gasteiger charge is 2.36. The van der Waals surface area contributed by atoms with Crippen molar-refractivity contribution < 1.29 is 8.42 Å². The minimum atomic E-state index is -2.90. The molecule has 1 aliphatic carbocycles. The molecule has 4 heteroatoms. The van der Waals surface area contributed by atoms with E-state index in [2.05, 4.69) is 19.2 Å². The van der Waals surface area contributed by atoms with E-state index in [1.165, 1.54) is 0 Å². The van der Waals surface area contributed by atoms with Crippen LogP contribution in [-0.4, -0.2) is 32.0 Å². The van der Waals surface area contributed by atoms with E-state index in [1.807, 2.05) is 0 Å². The molecule has 0 saturated heterocycles. The molecule has 1 N–H and O–H groups in total. The first-order valence-corrected chi connectivity index (χ1v) is 8.17. The van der Waals surface area contributed by atoms with E-state index in [9.17, 15) is 8.42 Å². The second-order valence-corrected chi connectivity index (χ2v) is 7.48. The van der Waals surface area contributed by atoms with Crippen molar-refractivity contribution in [2.45, 2.75) is 57.7 Å². The summed E-state index contributed by atoms with van der Waals surface area (Å²) in [4.78, 5) is 0. The summed E-state index contributed by atoms with van der Waals surface area (Å²) in [6.45, 7) is 6.95. The molecule has 0 aliphatic heterocycles. The Labute approximate surface area is 99.9 Å². The second kappa shape index (κ2) is 6.01. The molecule has 0 spiro atoms. The molecule has 3 unspecified atom stereocenters. The monoisotopic (exact) mass is 247 g/mol. The number of hydrogen-bond acceptors (Lipinski definition) is 3. The molecule has 0 bridgehead atoms. The third-order valence-corrected chi connectivity index (χ3v) is 5.82. The summed E-state index contributed by atoms with van der Waals surface area (Å²) >= 11 is 0. The van der Waals surface area contributed by atoms with Gasteiger partial charge in [-0.15, -0.1) is 0 Å². The standard InChI is InChI=1S/C12H25NO2S/c1-4-8-13-11-7-6-10(3)9-12(11)16(14,15)5-2/h10-13H,4-9H2,1-3H3. The van der Waals surface area contributed by atoms with E-state index in [0.29, 0.717) is 5.92 Å². The molecule has 0 amide bonds. The minimum absolute atomic E-state index is 0.159. The Morgan fingerprint density at radius 2 is 1.94 bits per heavy atom. The summed E-state index contributed by atoms with van der Waals surface area (Å²) in [7, 11) is -2.90. The Morgan fingerprint density at radius 3 is 2.50 bits per heavy atom. The lowest BCUT2D eigenvalue weighted by Gasteiger charge is -2.34. The zero-order chi connectivity index (χ0) is 12.2. The number of sulfone groups is 1. The molecule has 96 valence electrons. The van der Waals surface area contributed by atoms with Gasteiger partial charge in [0.15, 0.2) is 9.84 Å². The van der Waals surface area contributed by atoms with Crippen LogP contribution in [0.5, 0.6) is 0 Å². The molecule has 16 heavy (non-hydrogen) atoms. The lowest BCUT2D eigenvalue weighted by atomic mass is 9.87. The maximum Gasteiger partial charge on any atom is 0.154 e. The molecule has 0 aromatic heterocycles. The average molecular weight is 247 g/mol. The van der Waals surface area contributed by atoms with Crippen LogP contribution in [0, 0.1) is 5.92 Å². The lowest BCUT2D eigenvalue weighted by Crippen LogP contribution is -2.48. The van der Waals surface area contributed by atoms with Gasteiger partial charge in [0, 0.05) is 11.8 Å². The van der Waals surface area contributed by atoms with Crippen LogP contribution in [0.4, 0.5) is 0 Å². The molecule has 1 fully saturated rings. The van der Waals surface area contributed by atoms with Crippen LogP contribution < -0.4 is 5.32 Å². The van der Waals surface area contributed by atoms with Gasteiger partial charge < -0.3 is 5.32 Å². The fourth-order valence-electron chi connectivity index (χ4n) is 2.50. The van der Waals surface area contributed by atoms with Crippen molar-refractivity contribution in [3.8, 4) is 0 Å². The first-order valence-electron chi connectivity index (χ1n) is 6.46. The minimum Gasteiger partial charge on any atom is -0.313 e. The third-order valence-electron chi connectivity index (χ3n) is 3.57. The van der Waals surface area contributed by atoms with E-state index >= 15 is 0 Å². The first-order chi connectivity index (χ1) is 7.51. The van der Waals surface area contributed by atoms with Crippen LogP contribution in [0.25, 0.3) is 0 Å². The van der Waals surface area contributed by atoms with Gasteiger partial charge in [-0.2, -0.15) is 0 Å². The van der Waals surface area contributed by atoms with E-state index < -0.39 is 9.84 Å². The molecule has 3 nitrogen and oxygen atoms in total. The van der Waals surface area contributed by atoms with Crippen molar-refractivity contribution in [1.29, 1.82) is 0 Å². The maximum absolute atomic E-state index is 12.0. The van der Waals surface area contributed by atoms with Crippen molar-refractivity contribution in [2.24, 2.45) is 5.92 Å². The fraction of sp³-hybridized carbons (Fsp3) is 1.00. The number of nitrogens with one attached hydrogen (secondary N) is 1. The lowest BCUT2D eigenvalue weighted by molar-refractivity contribution is 0.308. The molecular formula is C12H25NO2S. The van der Waals surface area contributed by atoms with Gasteiger partial charge in [0.25, 0.3) is 0 Å². The molecule has 0 radical (unpaired) electrons. The Bertz CT molecular complexity index is 298. The summed E-state index contributed by atoms with van der Waals surface area (Å²) in [5, 5.41) is 3.24. The first kappa shape index (κ1) is 14.0. The van der Waals surface area contributed by atoms with E-state index in [4.69, 9.17) is 0 Å². The molecule has 0 aromatic carbocycles. The molecular weight excluding hydrogens is 222 g/mol. The number of hydrogen-bond donors (Lipinski definition) is 1. The van der Waals surface area contributed by atoms with E-state index in [0.717, 1.165) is 32.2 Å². The summed E-state index contributed by atoms with van der Waals surface area (Å²) in [5.41, 5.74) is 0. The molecule has 1 rings (SSSR count). The van der Waals surface area contributed by atoms with Crippen LogP contribution in [0.1, 0.15) is 46.5 Å². The van der Waals surface area contributed by atoms with Gasteiger partial charge in [-0.05, 0) is 38.1 Å². The van der Waals surface area contributed by atoms with E-state index in [1.54, 1.807) is 6.92 Å². The average Bonchev–Trinajstić information content (AvgIpc) is 2.27. The molecule has 0 aromatic rings. The van der Waals surface area contributed by atoms with Gasteiger partial charge in [-0.3, -0.25) is 0 Å². The molecule has 1 saturated carbocycles. The Balaban J connectivity index is 2.73. The largest absolute Gasteiger partial charge is 0.313 e. The smallest absolute Gasteiger partial charge is 0.154 e. The highest BCUT2D eigenvalue weighted by molar-refractivity contribution is 7.92. The van der Waals surface area contributed by atoms with Gasteiger partial charge in [-0.25, -0.2) is 8.42 Å². The highest BCUT2D eigenvalue weighted by Crippen LogP contribution is 2.29. The van der Waals surface area contributed by atoms with Crippen molar-refractivity contribution >= 4 is 9.84 Å². The van der Waals surface area contributed by atoms with Crippen LogP contribution in [0.2, 0.25) is 0 Å². The van der Waals surface area contributed by atoms with Crippen molar-refractivity contribution in [1.82, 2.24) is 5.32 Å². The van der Waals surface area contributed by atoms with Gasteiger partial charge >= 0.3 is 0 Å². The molecule has 3 atom stereocenters. The predicted octanol–water partition coefficient (Wildman–Crippen LogP) is 1.98. The fourth-order valence-corrected chi connectivity index (χ4v) is 4.29. The maximum atomic E-state index is 12.0. The molecule has 1 aliphatic rings. The normalized spacial score (nSPS) is 31.6. The van der Waals surface area contributed by atoms with Crippen LogP contribution in [0.15, 0.2) is 0 Å². The topological polar surface area (TPSA) is 46.2 Å². The number of rotatable bonds is 5. The highest BCUT2D eigenvalue weighted by atomic mass is 32.2. The predicted molar refractivity (Wildman–Crippen MR) is 68.3 cm³/mol. The van der Waals surface area contributed by atoms with Gasteiger partial charge in [0.05, 0.1) is 5.25 Å². The Kier molecular flexibility index (Phi) is 5.25.